The lowest BCUT2D eigenvalue weighted by Gasteiger charge is -2.21. The van der Waals surface area contributed by atoms with Gasteiger partial charge in [-0.1, -0.05) is 31.2 Å². The Morgan fingerprint density at radius 3 is 2.63 bits per heavy atom. The fraction of sp³-hybridized carbons (Fsp3) is 0.625. The molecule has 0 amide bonds. The number of hydrogen-bond donors (Lipinski definition) is 1. The molecule has 19 heavy (non-hydrogen) atoms. The monoisotopic (exact) mass is 261 g/mol. The highest BCUT2D eigenvalue weighted by molar-refractivity contribution is 5.27. The van der Waals surface area contributed by atoms with Crippen molar-refractivity contribution in [1.82, 2.24) is 15.1 Å². The van der Waals surface area contributed by atoms with Gasteiger partial charge in [0.05, 0.1) is 0 Å². The maximum absolute atomic E-state index is 3.43. The van der Waals surface area contributed by atoms with Gasteiger partial charge in [0.25, 0.3) is 0 Å². The van der Waals surface area contributed by atoms with Crippen molar-refractivity contribution in [1.29, 1.82) is 0 Å². The van der Waals surface area contributed by atoms with E-state index in [1.807, 2.05) is 0 Å². The minimum atomic E-state index is 0.987. The summed E-state index contributed by atoms with van der Waals surface area (Å²) in [7, 11) is 2.22. The van der Waals surface area contributed by atoms with E-state index in [1.54, 1.807) is 0 Å². The van der Waals surface area contributed by atoms with Crippen LogP contribution in [0.1, 0.15) is 24.5 Å². The minimum absolute atomic E-state index is 0.987. The highest BCUT2D eigenvalue weighted by Gasteiger charge is 2.13. The van der Waals surface area contributed by atoms with E-state index in [-0.39, 0.29) is 0 Å². The van der Waals surface area contributed by atoms with Crippen molar-refractivity contribution >= 4 is 0 Å². The van der Waals surface area contributed by atoms with Crippen LogP contribution in [0.4, 0.5) is 0 Å². The summed E-state index contributed by atoms with van der Waals surface area (Å²) in [5.74, 6) is 0. The Hall–Kier alpha value is -0.900. The summed E-state index contributed by atoms with van der Waals surface area (Å²) in [6.45, 7) is 10.1. The molecule has 0 radical (unpaired) electrons. The molecule has 1 heterocycles. The largest absolute Gasteiger partial charge is 0.313 e. The van der Waals surface area contributed by atoms with Gasteiger partial charge in [-0.05, 0) is 44.2 Å². The number of nitrogens with one attached hydrogen (secondary N) is 1. The zero-order valence-corrected chi connectivity index (χ0v) is 12.4. The van der Waals surface area contributed by atoms with Crippen molar-refractivity contribution < 1.29 is 0 Å². The van der Waals surface area contributed by atoms with Gasteiger partial charge in [0, 0.05) is 26.2 Å². The molecule has 1 saturated heterocycles. The number of benzene rings is 1. The van der Waals surface area contributed by atoms with Crippen LogP contribution in [0.15, 0.2) is 24.3 Å². The molecular weight excluding hydrogens is 234 g/mol. The molecule has 2 rings (SSSR count). The Balaban J connectivity index is 1.97. The molecule has 0 saturated carbocycles. The predicted octanol–water partition coefficient (Wildman–Crippen LogP) is 1.93. The molecule has 1 aromatic carbocycles. The molecule has 0 atom stereocenters. The molecule has 3 heteroatoms. The van der Waals surface area contributed by atoms with Crippen molar-refractivity contribution in [2.24, 2.45) is 0 Å². The number of hydrogen-bond acceptors (Lipinski definition) is 3. The molecule has 1 fully saturated rings. The fourth-order valence-electron chi connectivity index (χ4n) is 2.64. The Bertz CT molecular complexity index is 378. The van der Waals surface area contributed by atoms with Crippen LogP contribution in [0, 0.1) is 0 Å². The summed E-state index contributed by atoms with van der Waals surface area (Å²) in [6.07, 6.45) is 1.28. The van der Waals surface area contributed by atoms with E-state index in [0.717, 1.165) is 19.6 Å². The number of rotatable bonds is 5. The smallest absolute Gasteiger partial charge is 0.0237 e. The lowest BCUT2D eigenvalue weighted by Crippen LogP contribution is -2.29. The molecule has 0 spiro atoms. The molecule has 0 aromatic heterocycles. The summed E-state index contributed by atoms with van der Waals surface area (Å²) < 4.78 is 0. The number of nitrogens with zero attached hydrogens (tertiary/aromatic N) is 2. The van der Waals surface area contributed by atoms with Crippen LogP contribution in [0.25, 0.3) is 0 Å². The summed E-state index contributed by atoms with van der Waals surface area (Å²) in [5, 5.41) is 3.43. The second-order valence-electron chi connectivity index (χ2n) is 5.48. The summed E-state index contributed by atoms with van der Waals surface area (Å²) in [6, 6.07) is 8.84. The molecule has 0 aliphatic carbocycles. The van der Waals surface area contributed by atoms with E-state index in [2.05, 4.69) is 53.4 Å². The van der Waals surface area contributed by atoms with Gasteiger partial charge in [-0.15, -0.1) is 0 Å². The Labute approximate surface area is 117 Å². The maximum atomic E-state index is 3.43. The van der Waals surface area contributed by atoms with E-state index in [4.69, 9.17) is 0 Å². The minimum Gasteiger partial charge on any atom is -0.313 e. The molecular formula is C16H27N3. The van der Waals surface area contributed by atoms with Gasteiger partial charge in [0.2, 0.25) is 0 Å². The van der Waals surface area contributed by atoms with Gasteiger partial charge in [-0.2, -0.15) is 0 Å². The standard InChI is InChI=1S/C16H27N3/c1-3-17-13-15-7-4-5-8-16(15)14-19-10-6-9-18(2)11-12-19/h4-5,7-8,17H,3,6,9-14H2,1-2H3. The molecule has 1 aliphatic rings. The first-order chi connectivity index (χ1) is 9.29. The maximum Gasteiger partial charge on any atom is 0.0237 e. The first-order valence-corrected chi connectivity index (χ1v) is 7.48. The highest BCUT2D eigenvalue weighted by atomic mass is 15.2. The SMILES string of the molecule is CCNCc1ccccc1CN1CCCN(C)CC1. The average molecular weight is 261 g/mol. The van der Waals surface area contributed by atoms with Crippen LogP contribution in [0.2, 0.25) is 0 Å². The summed E-state index contributed by atoms with van der Waals surface area (Å²) >= 11 is 0. The van der Waals surface area contributed by atoms with Gasteiger partial charge in [0.15, 0.2) is 0 Å². The van der Waals surface area contributed by atoms with E-state index in [9.17, 15) is 0 Å². The average Bonchev–Trinajstić information content (AvgIpc) is 2.63. The second-order valence-corrected chi connectivity index (χ2v) is 5.48. The first kappa shape index (κ1) is 14.5. The topological polar surface area (TPSA) is 18.5 Å². The molecule has 0 bridgehead atoms. The molecule has 1 aromatic rings. The van der Waals surface area contributed by atoms with Crippen molar-refractivity contribution in [3.63, 3.8) is 0 Å². The normalized spacial score (nSPS) is 18.4. The Morgan fingerprint density at radius 2 is 1.84 bits per heavy atom. The molecule has 3 nitrogen and oxygen atoms in total. The van der Waals surface area contributed by atoms with Crippen LogP contribution in [-0.4, -0.2) is 49.6 Å². The third-order valence-electron chi connectivity index (χ3n) is 3.89. The van der Waals surface area contributed by atoms with Crippen LogP contribution >= 0.6 is 0 Å². The van der Waals surface area contributed by atoms with Crippen molar-refractivity contribution in [2.75, 3.05) is 39.8 Å². The summed E-state index contributed by atoms with van der Waals surface area (Å²) in [4.78, 5) is 5.03. The fourth-order valence-corrected chi connectivity index (χ4v) is 2.64. The van der Waals surface area contributed by atoms with Crippen LogP contribution < -0.4 is 5.32 Å². The van der Waals surface area contributed by atoms with E-state index >= 15 is 0 Å². The zero-order chi connectivity index (χ0) is 13.5. The molecule has 1 N–H and O–H groups in total. The van der Waals surface area contributed by atoms with Crippen LogP contribution in [-0.2, 0) is 13.1 Å². The quantitative estimate of drug-likeness (QED) is 0.874. The number of likely N-dealkylation sites (N-methyl/N-ethyl adjacent to an activating group) is 1. The van der Waals surface area contributed by atoms with Crippen molar-refractivity contribution in [2.45, 2.75) is 26.4 Å². The molecule has 106 valence electrons. The van der Waals surface area contributed by atoms with Crippen molar-refractivity contribution in [3.8, 4) is 0 Å². The van der Waals surface area contributed by atoms with Gasteiger partial charge < -0.3 is 10.2 Å². The van der Waals surface area contributed by atoms with Gasteiger partial charge >= 0.3 is 0 Å². The highest BCUT2D eigenvalue weighted by Crippen LogP contribution is 2.13. The third-order valence-corrected chi connectivity index (χ3v) is 3.89. The Kier molecular flexibility index (Phi) is 5.83. The lowest BCUT2D eigenvalue weighted by atomic mass is 10.1. The van der Waals surface area contributed by atoms with Gasteiger partial charge in [-0.25, -0.2) is 0 Å². The van der Waals surface area contributed by atoms with Crippen molar-refractivity contribution in [3.05, 3.63) is 35.4 Å². The predicted molar refractivity (Wildman–Crippen MR) is 81.2 cm³/mol. The lowest BCUT2D eigenvalue weighted by molar-refractivity contribution is 0.268. The third kappa shape index (κ3) is 4.60. The molecule has 1 aliphatic heterocycles. The Morgan fingerprint density at radius 1 is 1.05 bits per heavy atom. The van der Waals surface area contributed by atoms with E-state index in [0.29, 0.717) is 0 Å². The zero-order valence-electron chi connectivity index (χ0n) is 12.4. The van der Waals surface area contributed by atoms with Gasteiger partial charge in [-0.3, -0.25) is 4.90 Å². The first-order valence-electron chi connectivity index (χ1n) is 7.48. The van der Waals surface area contributed by atoms with E-state index < -0.39 is 0 Å². The van der Waals surface area contributed by atoms with Crippen LogP contribution in [0.5, 0.6) is 0 Å². The second kappa shape index (κ2) is 7.63. The van der Waals surface area contributed by atoms with Gasteiger partial charge in [0.1, 0.15) is 0 Å². The summed E-state index contributed by atoms with van der Waals surface area (Å²) in [5.41, 5.74) is 2.93. The van der Waals surface area contributed by atoms with E-state index in [1.165, 1.54) is 43.7 Å². The van der Waals surface area contributed by atoms with Crippen LogP contribution in [0.3, 0.4) is 0 Å². The molecule has 0 unspecified atom stereocenters.